The lowest BCUT2D eigenvalue weighted by Crippen LogP contribution is -2.07. The molecular formula is C13H13ClF2N2OS. The number of aromatic nitrogens is 1. The lowest BCUT2D eigenvalue weighted by Gasteiger charge is -2.15. The topological polar surface area (TPSA) is 34.2 Å². The maximum Gasteiger partial charge on any atom is 0.387 e. The van der Waals surface area contributed by atoms with Crippen molar-refractivity contribution in [2.75, 3.05) is 5.32 Å². The second kappa shape index (κ2) is 6.37. The van der Waals surface area contributed by atoms with Gasteiger partial charge in [-0.25, -0.2) is 4.98 Å². The number of hydrogen-bond donors (Lipinski definition) is 1. The Labute approximate surface area is 124 Å². The van der Waals surface area contributed by atoms with Crippen LogP contribution in [0.15, 0.2) is 23.7 Å². The van der Waals surface area contributed by atoms with Crippen molar-refractivity contribution in [2.45, 2.75) is 26.5 Å². The van der Waals surface area contributed by atoms with Crippen LogP contribution in [0.1, 0.15) is 23.5 Å². The first-order valence-corrected chi connectivity index (χ1v) is 7.14. The molecule has 0 amide bonds. The molecule has 1 heterocycles. The van der Waals surface area contributed by atoms with Crippen molar-refractivity contribution in [3.8, 4) is 5.75 Å². The average Bonchev–Trinajstić information content (AvgIpc) is 2.78. The molecule has 3 nitrogen and oxygen atoms in total. The van der Waals surface area contributed by atoms with Gasteiger partial charge in [-0.3, -0.25) is 0 Å². The summed E-state index contributed by atoms with van der Waals surface area (Å²) in [6, 6.07) is 4.69. The molecule has 0 radical (unpaired) electrons. The number of nitrogens with zero attached hydrogens (tertiary/aromatic N) is 1. The molecule has 2 aromatic rings. The van der Waals surface area contributed by atoms with Crippen LogP contribution in [-0.4, -0.2) is 11.6 Å². The summed E-state index contributed by atoms with van der Waals surface area (Å²) in [6.45, 7) is 1.05. The van der Waals surface area contributed by atoms with E-state index in [0.717, 1.165) is 16.3 Å². The maximum absolute atomic E-state index is 12.1. The molecule has 0 saturated carbocycles. The van der Waals surface area contributed by atoms with E-state index in [1.807, 2.05) is 13.8 Å². The van der Waals surface area contributed by atoms with E-state index in [1.165, 1.54) is 6.07 Å². The van der Waals surface area contributed by atoms with E-state index >= 15 is 0 Å². The molecule has 0 saturated heterocycles. The zero-order chi connectivity index (χ0) is 14.7. The number of anilines is 1. The minimum atomic E-state index is -2.88. The van der Waals surface area contributed by atoms with Crippen LogP contribution >= 0.6 is 22.9 Å². The van der Waals surface area contributed by atoms with E-state index < -0.39 is 6.61 Å². The second-order valence-electron chi connectivity index (χ2n) is 4.19. The van der Waals surface area contributed by atoms with Gasteiger partial charge < -0.3 is 10.1 Å². The summed E-state index contributed by atoms with van der Waals surface area (Å²) in [5.41, 5.74) is 3.49. The van der Waals surface area contributed by atoms with Crippen LogP contribution in [0.5, 0.6) is 5.75 Å². The summed E-state index contributed by atoms with van der Waals surface area (Å²) in [5.74, 6) is -0.0335. The largest absolute Gasteiger partial charge is 0.433 e. The number of aryl methyl sites for hydroxylation is 1. The number of thiazole rings is 1. The molecule has 1 aromatic heterocycles. The van der Waals surface area contributed by atoms with E-state index in [9.17, 15) is 8.78 Å². The standard InChI is InChI=1S/C13H13ClF2N2OS/c1-7-12(20-6-17-7)8(2)18-9-3-4-11(10(14)5-9)19-13(15)16/h3-6,8,13,18H,1-2H3. The van der Waals surface area contributed by atoms with Crippen molar-refractivity contribution in [2.24, 2.45) is 0 Å². The molecule has 1 atom stereocenters. The van der Waals surface area contributed by atoms with Crippen LogP contribution in [0.4, 0.5) is 14.5 Å². The van der Waals surface area contributed by atoms with Crippen LogP contribution in [0, 0.1) is 6.92 Å². The van der Waals surface area contributed by atoms with Crippen molar-refractivity contribution in [3.63, 3.8) is 0 Å². The van der Waals surface area contributed by atoms with Crippen LogP contribution in [0.2, 0.25) is 5.02 Å². The van der Waals surface area contributed by atoms with Gasteiger partial charge in [0.1, 0.15) is 5.75 Å². The molecule has 20 heavy (non-hydrogen) atoms. The van der Waals surface area contributed by atoms with Gasteiger partial charge in [0, 0.05) is 10.6 Å². The number of rotatable bonds is 5. The van der Waals surface area contributed by atoms with E-state index in [4.69, 9.17) is 11.6 Å². The first-order valence-electron chi connectivity index (χ1n) is 5.88. The van der Waals surface area contributed by atoms with Crippen LogP contribution in [0.3, 0.4) is 0 Å². The van der Waals surface area contributed by atoms with E-state index in [-0.39, 0.29) is 16.8 Å². The highest BCUT2D eigenvalue weighted by Crippen LogP contribution is 2.31. The zero-order valence-corrected chi connectivity index (χ0v) is 12.4. The Hall–Kier alpha value is -1.40. The number of alkyl halides is 2. The highest BCUT2D eigenvalue weighted by Gasteiger charge is 2.13. The van der Waals surface area contributed by atoms with Gasteiger partial charge in [0.05, 0.1) is 22.3 Å². The number of hydrogen-bond acceptors (Lipinski definition) is 4. The normalized spacial score (nSPS) is 12.5. The van der Waals surface area contributed by atoms with Gasteiger partial charge in [-0.1, -0.05) is 11.6 Å². The predicted octanol–water partition coefficient (Wildman–Crippen LogP) is 4.88. The number of halogens is 3. The summed E-state index contributed by atoms with van der Waals surface area (Å²) in [6.07, 6.45) is 0. The molecule has 108 valence electrons. The Morgan fingerprint density at radius 2 is 2.15 bits per heavy atom. The number of benzene rings is 1. The van der Waals surface area contributed by atoms with Gasteiger partial charge >= 0.3 is 6.61 Å². The van der Waals surface area contributed by atoms with E-state index in [1.54, 1.807) is 29.0 Å². The first-order chi connectivity index (χ1) is 9.47. The fourth-order valence-electron chi connectivity index (χ4n) is 1.82. The minimum absolute atomic E-state index is 0.0335. The quantitative estimate of drug-likeness (QED) is 0.853. The smallest absolute Gasteiger partial charge is 0.387 e. The van der Waals surface area contributed by atoms with Crippen molar-refractivity contribution >= 4 is 28.6 Å². The third-order valence-electron chi connectivity index (χ3n) is 2.71. The maximum atomic E-state index is 12.1. The molecule has 1 N–H and O–H groups in total. The molecule has 0 fully saturated rings. The lowest BCUT2D eigenvalue weighted by atomic mass is 10.2. The Kier molecular flexibility index (Phi) is 4.77. The van der Waals surface area contributed by atoms with Crippen molar-refractivity contribution in [1.82, 2.24) is 4.98 Å². The van der Waals surface area contributed by atoms with Gasteiger partial charge in [-0.05, 0) is 32.0 Å². The van der Waals surface area contributed by atoms with Crippen LogP contribution in [0.25, 0.3) is 0 Å². The fourth-order valence-corrected chi connectivity index (χ4v) is 2.86. The minimum Gasteiger partial charge on any atom is -0.433 e. The summed E-state index contributed by atoms with van der Waals surface area (Å²) >= 11 is 7.47. The molecule has 2 rings (SSSR count). The number of nitrogens with one attached hydrogen (secondary N) is 1. The molecule has 0 aliphatic heterocycles. The van der Waals surface area contributed by atoms with E-state index in [2.05, 4.69) is 15.0 Å². The Morgan fingerprint density at radius 3 is 2.70 bits per heavy atom. The lowest BCUT2D eigenvalue weighted by molar-refractivity contribution is -0.0497. The Morgan fingerprint density at radius 1 is 1.40 bits per heavy atom. The molecule has 0 aliphatic carbocycles. The summed E-state index contributed by atoms with van der Waals surface area (Å²) in [7, 11) is 0. The molecule has 0 bridgehead atoms. The van der Waals surface area contributed by atoms with Gasteiger partial charge in [-0.2, -0.15) is 8.78 Å². The highest BCUT2D eigenvalue weighted by molar-refractivity contribution is 7.09. The third-order valence-corrected chi connectivity index (χ3v) is 4.12. The third kappa shape index (κ3) is 3.58. The van der Waals surface area contributed by atoms with Crippen LogP contribution < -0.4 is 10.1 Å². The summed E-state index contributed by atoms with van der Waals surface area (Å²) < 4.78 is 28.6. The highest BCUT2D eigenvalue weighted by atomic mass is 35.5. The van der Waals surface area contributed by atoms with Crippen molar-refractivity contribution in [3.05, 3.63) is 39.3 Å². The zero-order valence-electron chi connectivity index (χ0n) is 10.9. The molecule has 1 unspecified atom stereocenters. The first kappa shape index (κ1) is 15.0. The van der Waals surface area contributed by atoms with Gasteiger partial charge in [0.25, 0.3) is 0 Å². The molecule has 0 spiro atoms. The van der Waals surface area contributed by atoms with Crippen LogP contribution in [-0.2, 0) is 0 Å². The van der Waals surface area contributed by atoms with E-state index in [0.29, 0.717) is 0 Å². The molecule has 0 aliphatic rings. The summed E-state index contributed by atoms with van der Waals surface area (Å²) in [5, 5.41) is 3.39. The van der Waals surface area contributed by atoms with Gasteiger partial charge in [0.2, 0.25) is 0 Å². The fraction of sp³-hybridized carbons (Fsp3) is 0.308. The van der Waals surface area contributed by atoms with Gasteiger partial charge in [0.15, 0.2) is 0 Å². The number of ether oxygens (including phenoxy) is 1. The molecular weight excluding hydrogens is 306 g/mol. The second-order valence-corrected chi connectivity index (χ2v) is 5.49. The van der Waals surface area contributed by atoms with Crippen molar-refractivity contribution < 1.29 is 13.5 Å². The SMILES string of the molecule is Cc1ncsc1C(C)Nc1ccc(OC(F)F)c(Cl)c1. The Balaban J connectivity index is 2.11. The molecule has 1 aromatic carbocycles. The monoisotopic (exact) mass is 318 g/mol. The van der Waals surface area contributed by atoms with Gasteiger partial charge in [-0.15, -0.1) is 11.3 Å². The average molecular weight is 319 g/mol. The summed E-state index contributed by atoms with van der Waals surface area (Å²) in [4.78, 5) is 5.31. The van der Waals surface area contributed by atoms with Crippen molar-refractivity contribution in [1.29, 1.82) is 0 Å². The molecule has 7 heteroatoms. The predicted molar refractivity (Wildman–Crippen MR) is 77.0 cm³/mol. The Bertz CT molecular complexity index is 592.